The number of pyridine rings is 1. The van der Waals surface area contributed by atoms with E-state index >= 15 is 0 Å². The standard InChI is InChI=1S/C24H29N5O4S/c30-23(11-8-20-6-9-21(10-7-20)29-14-3-5-24(29)31)26-13-19-34(32,33)28-17-15-27(16-18-28)22-4-1-2-12-25-22/h1-2,4,6-12H,3,5,13-19H2,(H,26,30)/b11-8+. The summed E-state index contributed by atoms with van der Waals surface area (Å²) in [7, 11) is -3.45. The van der Waals surface area contributed by atoms with Gasteiger partial charge in [-0.05, 0) is 42.3 Å². The number of benzene rings is 1. The Balaban J connectivity index is 1.20. The van der Waals surface area contributed by atoms with Gasteiger partial charge >= 0.3 is 0 Å². The predicted octanol–water partition coefficient (Wildman–Crippen LogP) is 1.49. The average molecular weight is 484 g/mol. The van der Waals surface area contributed by atoms with Crippen molar-refractivity contribution < 1.29 is 18.0 Å². The number of nitrogens with one attached hydrogen (secondary N) is 1. The Hall–Kier alpha value is -3.24. The van der Waals surface area contributed by atoms with Gasteiger partial charge < -0.3 is 15.1 Å². The van der Waals surface area contributed by atoms with Crippen LogP contribution in [0.5, 0.6) is 0 Å². The predicted molar refractivity (Wildman–Crippen MR) is 132 cm³/mol. The van der Waals surface area contributed by atoms with Crippen molar-refractivity contribution in [1.29, 1.82) is 0 Å². The lowest BCUT2D eigenvalue weighted by molar-refractivity contribution is -0.117. The maximum absolute atomic E-state index is 12.6. The van der Waals surface area contributed by atoms with Gasteiger partial charge in [-0.25, -0.2) is 13.4 Å². The summed E-state index contributed by atoms with van der Waals surface area (Å²) in [5.74, 6) is 0.480. The van der Waals surface area contributed by atoms with Gasteiger partial charge in [-0.3, -0.25) is 9.59 Å². The van der Waals surface area contributed by atoms with E-state index in [2.05, 4.69) is 15.2 Å². The van der Waals surface area contributed by atoms with E-state index in [1.54, 1.807) is 17.2 Å². The molecule has 2 aromatic rings. The number of sulfonamides is 1. The summed E-state index contributed by atoms with van der Waals surface area (Å²) in [6, 6.07) is 13.1. The van der Waals surface area contributed by atoms with Crippen molar-refractivity contribution in [1.82, 2.24) is 14.6 Å². The van der Waals surface area contributed by atoms with E-state index in [9.17, 15) is 18.0 Å². The Morgan fingerprint density at radius 1 is 1.03 bits per heavy atom. The molecule has 34 heavy (non-hydrogen) atoms. The maximum Gasteiger partial charge on any atom is 0.244 e. The number of amides is 2. The van der Waals surface area contributed by atoms with Crippen LogP contribution in [0.2, 0.25) is 0 Å². The molecule has 2 fully saturated rings. The van der Waals surface area contributed by atoms with E-state index in [-0.39, 0.29) is 24.1 Å². The van der Waals surface area contributed by atoms with Crippen molar-refractivity contribution in [3.63, 3.8) is 0 Å². The summed E-state index contributed by atoms with van der Waals surface area (Å²) in [6.07, 6.45) is 6.22. The summed E-state index contributed by atoms with van der Waals surface area (Å²) in [5.41, 5.74) is 1.68. The fraction of sp³-hybridized carbons (Fsp3) is 0.375. The van der Waals surface area contributed by atoms with Crippen molar-refractivity contribution >= 4 is 39.4 Å². The average Bonchev–Trinajstić information content (AvgIpc) is 3.29. The normalized spacial score (nSPS) is 17.5. The lowest BCUT2D eigenvalue weighted by atomic mass is 10.2. The van der Waals surface area contributed by atoms with Gasteiger partial charge in [0.2, 0.25) is 21.8 Å². The fourth-order valence-corrected chi connectivity index (χ4v) is 5.42. The molecule has 2 aliphatic rings. The Morgan fingerprint density at radius 3 is 2.44 bits per heavy atom. The first-order chi connectivity index (χ1) is 16.4. The molecule has 0 bridgehead atoms. The van der Waals surface area contributed by atoms with E-state index in [0.29, 0.717) is 32.6 Å². The number of piperazine rings is 1. The number of hydrogen-bond acceptors (Lipinski definition) is 6. The molecule has 0 unspecified atom stereocenters. The van der Waals surface area contributed by atoms with Crippen LogP contribution in [0.4, 0.5) is 11.5 Å². The molecule has 1 aromatic heterocycles. The van der Waals surface area contributed by atoms with Gasteiger partial charge in [-0.1, -0.05) is 18.2 Å². The highest BCUT2D eigenvalue weighted by Gasteiger charge is 2.27. The van der Waals surface area contributed by atoms with Gasteiger partial charge in [0.1, 0.15) is 5.82 Å². The zero-order valence-electron chi connectivity index (χ0n) is 19.0. The Labute approximate surface area is 200 Å². The lowest BCUT2D eigenvalue weighted by Gasteiger charge is -2.34. The molecular formula is C24H29N5O4S. The molecule has 10 heteroatoms. The van der Waals surface area contributed by atoms with Crippen LogP contribution >= 0.6 is 0 Å². The molecule has 2 amide bonds. The first-order valence-electron chi connectivity index (χ1n) is 11.4. The molecule has 3 heterocycles. The third kappa shape index (κ3) is 6.00. The molecule has 0 atom stereocenters. The third-order valence-electron chi connectivity index (χ3n) is 5.97. The first kappa shape index (κ1) is 23.9. The van der Waals surface area contributed by atoms with E-state index in [4.69, 9.17) is 0 Å². The second kappa shape index (κ2) is 10.8. The molecule has 0 spiro atoms. The zero-order valence-corrected chi connectivity index (χ0v) is 19.8. The van der Waals surface area contributed by atoms with Crippen LogP contribution in [-0.4, -0.2) is 74.5 Å². The van der Waals surface area contributed by atoms with Crippen LogP contribution in [0.15, 0.2) is 54.7 Å². The molecule has 0 saturated carbocycles. The molecule has 2 aliphatic heterocycles. The number of nitrogens with zero attached hydrogens (tertiary/aromatic N) is 4. The topological polar surface area (TPSA) is 103 Å². The minimum Gasteiger partial charge on any atom is -0.354 e. The van der Waals surface area contributed by atoms with Crippen LogP contribution < -0.4 is 15.1 Å². The Morgan fingerprint density at radius 2 is 1.79 bits per heavy atom. The highest BCUT2D eigenvalue weighted by Crippen LogP contribution is 2.22. The largest absolute Gasteiger partial charge is 0.354 e. The summed E-state index contributed by atoms with van der Waals surface area (Å²) in [5, 5.41) is 2.64. The molecule has 0 radical (unpaired) electrons. The highest BCUT2D eigenvalue weighted by atomic mass is 32.2. The van der Waals surface area contributed by atoms with Crippen molar-refractivity contribution in [2.24, 2.45) is 0 Å². The second-order valence-electron chi connectivity index (χ2n) is 8.25. The highest BCUT2D eigenvalue weighted by molar-refractivity contribution is 7.89. The summed E-state index contributed by atoms with van der Waals surface area (Å²) >= 11 is 0. The number of carbonyl (C=O) groups is 2. The zero-order chi connectivity index (χ0) is 24.0. The number of anilines is 2. The number of carbonyl (C=O) groups excluding carboxylic acids is 2. The molecular weight excluding hydrogens is 454 g/mol. The molecule has 1 aromatic carbocycles. The van der Waals surface area contributed by atoms with Crippen molar-refractivity contribution in [3.05, 3.63) is 60.3 Å². The van der Waals surface area contributed by atoms with Gasteiger partial charge in [-0.2, -0.15) is 4.31 Å². The Bertz CT molecular complexity index is 1130. The Kier molecular flexibility index (Phi) is 7.59. The quantitative estimate of drug-likeness (QED) is 0.571. The second-order valence-corrected chi connectivity index (χ2v) is 10.3. The van der Waals surface area contributed by atoms with Gasteiger partial charge in [0.05, 0.1) is 5.75 Å². The molecule has 0 aliphatic carbocycles. The lowest BCUT2D eigenvalue weighted by Crippen LogP contribution is -2.50. The van der Waals surface area contributed by atoms with Gasteiger partial charge in [0.25, 0.3) is 0 Å². The number of hydrogen-bond donors (Lipinski definition) is 1. The first-order valence-corrected chi connectivity index (χ1v) is 13.0. The van der Waals surface area contributed by atoms with Crippen LogP contribution in [-0.2, 0) is 19.6 Å². The molecule has 1 N–H and O–H groups in total. The van der Waals surface area contributed by atoms with Crippen LogP contribution in [0.1, 0.15) is 18.4 Å². The van der Waals surface area contributed by atoms with Gasteiger partial charge in [-0.15, -0.1) is 0 Å². The van der Waals surface area contributed by atoms with Crippen molar-refractivity contribution in [2.75, 3.05) is 54.8 Å². The van der Waals surface area contributed by atoms with Gasteiger partial charge in [0, 0.05) is 63.6 Å². The van der Waals surface area contributed by atoms with Crippen molar-refractivity contribution in [3.8, 4) is 0 Å². The molecule has 9 nitrogen and oxygen atoms in total. The third-order valence-corrected chi connectivity index (χ3v) is 7.84. The SMILES string of the molecule is O=C(/C=C/c1ccc(N2CCCC2=O)cc1)NCCS(=O)(=O)N1CCN(c2ccccn2)CC1. The minimum absolute atomic E-state index is 0.0436. The number of aromatic nitrogens is 1. The number of rotatable bonds is 8. The fourth-order valence-electron chi connectivity index (χ4n) is 4.09. The maximum atomic E-state index is 12.6. The van der Waals surface area contributed by atoms with Crippen LogP contribution in [0.25, 0.3) is 6.08 Å². The van der Waals surface area contributed by atoms with E-state index in [0.717, 1.165) is 30.0 Å². The monoisotopic (exact) mass is 483 g/mol. The van der Waals surface area contributed by atoms with Crippen molar-refractivity contribution in [2.45, 2.75) is 12.8 Å². The summed E-state index contributed by atoms with van der Waals surface area (Å²) in [6.45, 7) is 2.73. The molecule has 2 saturated heterocycles. The summed E-state index contributed by atoms with van der Waals surface area (Å²) in [4.78, 5) is 32.1. The minimum atomic E-state index is -3.45. The van der Waals surface area contributed by atoms with E-state index < -0.39 is 10.0 Å². The van der Waals surface area contributed by atoms with Gasteiger partial charge in [0.15, 0.2) is 0 Å². The summed E-state index contributed by atoms with van der Waals surface area (Å²) < 4.78 is 26.8. The van der Waals surface area contributed by atoms with Crippen LogP contribution in [0, 0.1) is 0 Å². The molecule has 180 valence electrons. The van der Waals surface area contributed by atoms with E-state index in [1.165, 1.54) is 10.4 Å². The smallest absolute Gasteiger partial charge is 0.244 e. The van der Waals surface area contributed by atoms with Crippen LogP contribution in [0.3, 0.4) is 0 Å². The van der Waals surface area contributed by atoms with E-state index in [1.807, 2.05) is 42.5 Å². The molecule has 4 rings (SSSR count).